The van der Waals surface area contributed by atoms with Crippen LogP contribution >= 0.6 is 0 Å². The summed E-state index contributed by atoms with van der Waals surface area (Å²) in [7, 11) is -4.69. The van der Waals surface area contributed by atoms with Crippen molar-refractivity contribution in [2.24, 2.45) is 11.3 Å². The number of hydrogen-bond acceptors (Lipinski definition) is 15. The van der Waals surface area contributed by atoms with Crippen molar-refractivity contribution in [2.45, 2.75) is 114 Å². The molecule has 4 atom stereocenters. The fourth-order valence-corrected chi connectivity index (χ4v) is 14.4. The Bertz CT molecular complexity index is 3090. The van der Waals surface area contributed by atoms with Gasteiger partial charge in [0.15, 0.2) is 11.4 Å². The van der Waals surface area contributed by atoms with Crippen LogP contribution in [0.1, 0.15) is 93.2 Å². The third-order valence-electron chi connectivity index (χ3n) is 17.7. The first-order chi connectivity index (χ1) is 36.2. The molecule has 7 aliphatic rings. The number of pyridine rings is 1. The maximum Gasteiger partial charge on any atom is 0.297 e. The van der Waals surface area contributed by atoms with E-state index in [-0.39, 0.29) is 41.7 Å². The molecule has 4 saturated heterocycles. The number of aryl methyl sites for hydroxylation is 1. The molecule has 5 fully saturated rings. The first-order valence-electron chi connectivity index (χ1n) is 27.2. The minimum atomic E-state index is -4.69. The van der Waals surface area contributed by atoms with E-state index in [4.69, 9.17) is 19.2 Å². The molecule has 6 aliphatic heterocycles. The Morgan fingerprint density at radius 3 is 2.49 bits per heavy atom. The number of nitrogens with zero attached hydrogens (tertiary/aromatic N) is 7. The maximum absolute atomic E-state index is 14.8. The van der Waals surface area contributed by atoms with Crippen molar-refractivity contribution in [2.75, 3.05) is 87.3 Å². The number of hydrogen-bond donors (Lipinski definition) is 3. The van der Waals surface area contributed by atoms with Crippen LogP contribution in [0.4, 0.5) is 28.4 Å². The largest absolute Gasteiger partial charge is 0.489 e. The van der Waals surface area contributed by atoms with Crippen molar-refractivity contribution in [3.63, 3.8) is 0 Å². The van der Waals surface area contributed by atoms with Crippen LogP contribution in [0.15, 0.2) is 77.8 Å². The molecule has 1 saturated carbocycles. The van der Waals surface area contributed by atoms with Crippen molar-refractivity contribution in [3.8, 4) is 11.6 Å². The van der Waals surface area contributed by atoms with E-state index in [1.807, 2.05) is 35.4 Å². The van der Waals surface area contributed by atoms with E-state index in [0.29, 0.717) is 72.0 Å². The Kier molecular flexibility index (Phi) is 13.2. The van der Waals surface area contributed by atoms with Gasteiger partial charge in [-0.1, -0.05) is 38.1 Å². The third-order valence-corrected chi connectivity index (χ3v) is 19.0. The minimum absolute atomic E-state index is 0.0363. The topological polar surface area (TPSA) is 191 Å². The van der Waals surface area contributed by atoms with Crippen LogP contribution < -0.4 is 29.3 Å². The molecule has 1 amide bonds. The summed E-state index contributed by atoms with van der Waals surface area (Å²) in [5.41, 5.74) is 5.71. The van der Waals surface area contributed by atoms with Gasteiger partial charge in [0.25, 0.3) is 21.6 Å². The molecule has 0 bridgehead atoms. The van der Waals surface area contributed by atoms with Gasteiger partial charge in [0.05, 0.1) is 46.4 Å². The number of benzene rings is 3. The van der Waals surface area contributed by atoms with Gasteiger partial charge in [0.1, 0.15) is 24.0 Å². The number of aromatic nitrogens is 2. The average molecular weight is 1040 g/mol. The van der Waals surface area contributed by atoms with Crippen LogP contribution in [0, 0.1) is 28.4 Å². The molecule has 1 aliphatic carbocycles. The van der Waals surface area contributed by atoms with E-state index in [1.165, 1.54) is 42.9 Å². The normalized spacial score (nSPS) is 24.7. The van der Waals surface area contributed by atoms with Gasteiger partial charge in [-0.05, 0) is 112 Å². The summed E-state index contributed by atoms with van der Waals surface area (Å²) in [6, 6.07) is 22.3. The van der Waals surface area contributed by atoms with Crippen LogP contribution in [0.3, 0.4) is 0 Å². The lowest BCUT2D eigenvalue weighted by Gasteiger charge is -2.56. The van der Waals surface area contributed by atoms with Gasteiger partial charge < -0.3 is 34.3 Å². The minimum Gasteiger partial charge on any atom is -0.489 e. The number of piperazine rings is 1. The number of H-pyrrole nitrogens is 1. The predicted molar refractivity (Wildman–Crippen MR) is 288 cm³/mol. The number of amides is 1. The first kappa shape index (κ1) is 49.9. The summed E-state index contributed by atoms with van der Waals surface area (Å²) in [6.07, 6.45) is 9.24. The zero-order valence-corrected chi connectivity index (χ0v) is 44.3. The predicted octanol–water partition coefficient (Wildman–Crippen LogP) is 8.01. The average Bonchev–Trinajstić information content (AvgIpc) is 4.02. The molecule has 19 heteroatoms. The second kappa shape index (κ2) is 19.9. The van der Waals surface area contributed by atoms with Crippen LogP contribution in [0.5, 0.6) is 11.6 Å². The van der Waals surface area contributed by atoms with Gasteiger partial charge in [-0.15, -0.1) is 0 Å². The number of nitro benzene ring substituents is 1. The molecule has 0 unspecified atom stereocenters. The van der Waals surface area contributed by atoms with Gasteiger partial charge in [0, 0.05) is 99.8 Å². The number of piperidine rings is 1. The van der Waals surface area contributed by atoms with Crippen LogP contribution in [0.25, 0.3) is 11.0 Å². The Morgan fingerprint density at radius 2 is 1.75 bits per heavy atom. The number of carbonyl (C=O) groups excluding carboxylic acids is 1. The summed E-state index contributed by atoms with van der Waals surface area (Å²) in [5, 5.41) is 16.8. The summed E-state index contributed by atoms with van der Waals surface area (Å²) in [6.45, 7) is 16.9. The lowest BCUT2D eigenvalue weighted by Crippen LogP contribution is -2.61. The molecule has 3 aromatic carbocycles. The van der Waals surface area contributed by atoms with E-state index in [9.17, 15) is 23.3 Å². The van der Waals surface area contributed by atoms with E-state index in [2.05, 4.69) is 86.6 Å². The van der Waals surface area contributed by atoms with Crippen molar-refractivity contribution >= 4 is 55.4 Å². The summed E-state index contributed by atoms with van der Waals surface area (Å²) < 4.78 is 49.3. The van der Waals surface area contributed by atoms with Crippen molar-refractivity contribution < 1.29 is 32.3 Å². The highest BCUT2D eigenvalue weighted by molar-refractivity contribution is 7.90. The fourth-order valence-electron chi connectivity index (χ4n) is 13.4. The smallest absolute Gasteiger partial charge is 0.297 e. The number of aromatic amines is 1. The zero-order chi connectivity index (χ0) is 51.8. The molecule has 8 heterocycles. The number of anilines is 4. The third kappa shape index (κ3) is 9.57. The Balaban J connectivity index is 0.800. The number of rotatable bonds is 12. The highest BCUT2D eigenvalue weighted by atomic mass is 32.2. The molecular weight excluding hydrogens is 973 g/mol. The molecule has 5 aromatic rings. The first-order valence-corrected chi connectivity index (χ1v) is 28.6. The number of ether oxygens (including phenoxy) is 3. The summed E-state index contributed by atoms with van der Waals surface area (Å²) in [4.78, 5) is 46.5. The van der Waals surface area contributed by atoms with Gasteiger partial charge in [0.2, 0.25) is 5.88 Å². The molecule has 398 valence electrons. The Hall–Kier alpha value is -5.99. The summed E-state index contributed by atoms with van der Waals surface area (Å²) in [5.74, 6) is -0.260. The van der Waals surface area contributed by atoms with Crippen molar-refractivity contribution in [3.05, 3.63) is 99.7 Å². The number of carbonyl (C=O) groups is 1. The molecule has 12 rings (SSSR count). The van der Waals surface area contributed by atoms with Crippen molar-refractivity contribution in [1.29, 1.82) is 0 Å². The highest BCUT2D eigenvalue weighted by Crippen LogP contribution is 2.54. The van der Waals surface area contributed by atoms with Gasteiger partial charge >= 0.3 is 0 Å². The van der Waals surface area contributed by atoms with E-state index >= 15 is 0 Å². The molecule has 1 spiro atoms. The molecule has 0 radical (unpaired) electrons. The monoisotopic (exact) mass is 1040 g/mol. The number of sulfonamides is 1. The summed E-state index contributed by atoms with van der Waals surface area (Å²) >= 11 is 0. The van der Waals surface area contributed by atoms with E-state index < -0.39 is 31.4 Å². The second-order valence-electron chi connectivity index (χ2n) is 22.8. The maximum atomic E-state index is 14.8. The van der Waals surface area contributed by atoms with Crippen LogP contribution in [-0.2, 0) is 14.8 Å². The second-order valence-corrected chi connectivity index (χ2v) is 24.5. The van der Waals surface area contributed by atoms with Gasteiger partial charge in [-0.2, -0.15) is 4.98 Å². The molecule has 18 nitrogen and oxygen atoms in total. The zero-order valence-electron chi connectivity index (χ0n) is 43.5. The van der Waals surface area contributed by atoms with Gasteiger partial charge in [-0.3, -0.25) is 29.6 Å². The molecule has 75 heavy (non-hydrogen) atoms. The quantitative estimate of drug-likeness (QED) is 0.0804. The number of fused-ring (bicyclic) bond motifs is 3. The number of nitrogens with one attached hydrogen (secondary N) is 3. The molecule has 3 N–H and O–H groups in total. The standard InChI is InChI=1S/C56H70N10O8S/c1-35(2)50-14-19-65(49-24-38-13-17-57-53(38)59-55(49)74-50)47-25-40(62-20-15-56(16-21-62)28-41(29-56)64-18-7-10-46(64)44-9-6-5-8-36(44)3)11-12-45(47)54(67)60-75(70,71)43-26-48(66(68)69)52-51(27-43)73-32-39(58-52)31-61-22-23-63(37(4)30-61)42-33-72-34-42/h5-6,8-9,11-13,17,24-27,35,37,39,41-42,46,50,58H,7,10,14-16,18-23,28-34H2,1-4H3,(H,57,59)(H,60,67)/t37-,39-,46+,50+/m1/s1. The lowest BCUT2D eigenvalue weighted by atomic mass is 9.59. The Labute approximate surface area is 439 Å². The van der Waals surface area contributed by atoms with Gasteiger partial charge in [-0.25, -0.2) is 13.1 Å². The molecular formula is C56H70N10O8S. The van der Waals surface area contributed by atoms with Crippen LogP contribution in [-0.4, -0.2) is 146 Å². The van der Waals surface area contributed by atoms with Crippen molar-refractivity contribution in [1.82, 2.24) is 29.4 Å². The SMILES string of the molecule is Cc1ccccc1[C@@H]1CCCN1C1CC2(CCN(c3ccc(C(=O)NS(=O)(=O)c4cc5c(c([N+](=O)[O-])c4)N[C@H](CN4CCN(C6COC6)[C@H](C)C4)CO5)c(N4CC[C@@H](C(C)C)Oc5nc6[nH]ccc6cc54)c3)CC2)C1. The lowest BCUT2D eigenvalue weighted by molar-refractivity contribution is -0.384. The van der Waals surface area contributed by atoms with E-state index in [0.717, 1.165) is 82.5 Å². The van der Waals surface area contributed by atoms with E-state index in [1.54, 1.807) is 6.07 Å². The number of nitro groups is 1. The highest BCUT2D eigenvalue weighted by Gasteiger charge is 2.50. The number of likely N-dealkylation sites (tertiary alicyclic amines) is 1. The fraction of sp³-hybridized carbons (Fsp3) is 0.536. The Morgan fingerprint density at radius 1 is 0.933 bits per heavy atom. The van der Waals surface area contributed by atoms with Crippen LogP contribution in [0.2, 0.25) is 0 Å². The molecule has 2 aromatic heterocycles.